The van der Waals surface area contributed by atoms with E-state index >= 15 is 0 Å². The van der Waals surface area contributed by atoms with Gasteiger partial charge in [0.05, 0.1) is 5.56 Å². The molecule has 0 amide bonds. The van der Waals surface area contributed by atoms with Crippen molar-refractivity contribution in [1.29, 1.82) is 0 Å². The first kappa shape index (κ1) is 18.3. The molecule has 1 aromatic carbocycles. The summed E-state index contributed by atoms with van der Waals surface area (Å²) in [6.07, 6.45) is 0. The lowest BCUT2D eigenvalue weighted by molar-refractivity contribution is -0.268. The third-order valence-electron chi connectivity index (χ3n) is 1.12. The summed E-state index contributed by atoms with van der Waals surface area (Å²) in [7, 11) is 0. The van der Waals surface area contributed by atoms with Gasteiger partial charge in [-0.05, 0) is 6.07 Å². The van der Waals surface area contributed by atoms with Crippen LogP contribution in [0.25, 0.3) is 0 Å². The molecule has 1 rings (SSSR count). The maximum Gasteiger partial charge on any atom is 0.335 e. The number of aromatic carboxylic acids is 1. The summed E-state index contributed by atoms with van der Waals surface area (Å²) in [5.41, 5.74) is -0.178. The first-order valence-electron chi connectivity index (χ1n) is 3.71. The van der Waals surface area contributed by atoms with Crippen LogP contribution < -0.4 is 5.11 Å². The Bertz CT molecular complexity index is 256. The molecule has 0 unspecified atom stereocenters. The van der Waals surface area contributed by atoms with E-state index in [2.05, 4.69) is 0 Å². The molecule has 0 heterocycles. The van der Waals surface area contributed by atoms with Crippen molar-refractivity contribution in [1.82, 2.24) is 0 Å². The zero-order chi connectivity index (χ0) is 9.56. The third kappa shape index (κ3) is 5.19. The van der Waals surface area contributed by atoms with Crippen molar-refractivity contribution >= 4 is 5.97 Å². The molecule has 0 bridgehead atoms. The zero-order valence-corrected chi connectivity index (χ0v) is 7.07. The van der Waals surface area contributed by atoms with Gasteiger partial charge in [-0.1, -0.05) is 52.6 Å². The molecule has 3 nitrogen and oxygen atoms in total. The lowest BCUT2D eigenvalue weighted by Crippen LogP contribution is -2.02. The Morgan fingerprint density at radius 3 is 1.93 bits per heavy atom. The first-order chi connectivity index (χ1) is 5.72. The van der Waals surface area contributed by atoms with E-state index in [4.69, 9.17) is 5.11 Å². The Kier molecular flexibility index (Phi) is 12.5. The highest BCUT2D eigenvalue weighted by atomic mass is 16.4. The van der Waals surface area contributed by atoms with Gasteiger partial charge in [-0.25, -0.2) is 4.79 Å². The average molecular weight is 199 g/mol. The summed E-state index contributed by atoms with van der Waals surface area (Å²) in [6.45, 7) is 4.00. The number of carboxylic acids is 1. The fraction of sp³-hybridized carbons (Fsp3) is 0.364. The Hall–Kier alpha value is -1.51. The standard InChI is InChI=1S/C7H6O3.C2H6.2CH4/c8-6-4-2-1-3-5(6)7(9)10;1-2;;/h1-4,8H,(H,9,10);1-2H3;2*1H4/p-1. The van der Waals surface area contributed by atoms with Gasteiger partial charge in [-0.2, -0.15) is 0 Å². The molecule has 0 aromatic heterocycles. The highest BCUT2D eigenvalue weighted by Gasteiger charge is 1.99. The molecule has 0 aliphatic heterocycles. The second kappa shape index (κ2) is 9.58. The number of benzene rings is 1. The number of rotatable bonds is 1. The number of carboxylic acid groups (broad SMARTS) is 1. The van der Waals surface area contributed by atoms with Crippen molar-refractivity contribution in [3.05, 3.63) is 29.8 Å². The fourth-order valence-corrected chi connectivity index (χ4v) is 0.643. The Balaban J connectivity index is -0.000000284. The van der Waals surface area contributed by atoms with E-state index in [0.717, 1.165) is 0 Å². The second-order valence-electron chi connectivity index (χ2n) is 1.80. The van der Waals surface area contributed by atoms with Crippen molar-refractivity contribution in [3.8, 4) is 5.75 Å². The summed E-state index contributed by atoms with van der Waals surface area (Å²) < 4.78 is 0. The van der Waals surface area contributed by atoms with Crippen molar-refractivity contribution in [2.45, 2.75) is 28.7 Å². The maximum absolute atomic E-state index is 10.7. The van der Waals surface area contributed by atoms with Crippen molar-refractivity contribution in [3.63, 3.8) is 0 Å². The van der Waals surface area contributed by atoms with E-state index < -0.39 is 11.7 Å². The van der Waals surface area contributed by atoms with Crippen molar-refractivity contribution in [2.24, 2.45) is 0 Å². The molecule has 0 atom stereocenters. The minimum absolute atomic E-state index is 0. The summed E-state index contributed by atoms with van der Waals surface area (Å²) in [6, 6.07) is 5.54. The summed E-state index contributed by atoms with van der Waals surface area (Å²) in [5, 5.41) is 19.0. The topological polar surface area (TPSA) is 60.4 Å². The number of hydrogen-bond acceptors (Lipinski definition) is 2. The van der Waals surface area contributed by atoms with Gasteiger partial charge in [0.2, 0.25) is 0 Å². The Morgan fingerprint density at radius 2 is 1.64 bits per heavy atom. The minimum Gasteiger partial charge on any atom is -0.872 e. The summed E-state index contributed by atoms with van der Waals surface area (Å²) >= 11 is 0. The Morgan fingerprint density at radius 1 is 1.21 bits per heavy atom. The van der Waals surface area contributed by atoms with Gasteiger partial charge >= 0.3 is 5.97 Å². The van der Waals surface area contributed by atoms with Crippen LogP contribution in [0.2, 0.25) is 0 Å². The van der Waals surface area contributed by atoms with Crippen LogP contribution in [0.5, 0.6) is 5.75 Å². The van der Waals surface area contributed by atoms with E-state index in [-0.39, 0.29) is 20.4 Å². The quantitative estimate of drug-likeness (QED) is 0.756. The van der Waals surface area contributed by atoms with Crippen LogP contribution in [0.4, 0.5) is 0 Å². The third-order valence-corrected chi connectivity index (χ3v) is 1.12. The van der Waals surface area contributed by atoms with Gasteiger partial charge in [-0.15, -0.1) is 0 Å². The monoisotopic (exact) mass is 199 g/mol. The highest BCUT2D eigenvalue weighted by molar-refractivity contribution is 5.90. The number of hydrogen-bond donors (Lipinski definition) is 1. The van der Waals surface area contributed by atoms with Crippen LogP contribution in [0.15, 0.2) is 24.3 Å². The van der Waals surface area contributed by atoms with Crippen LogP contribution >= 0.6 is 0 Å². The molecular weight excluding hydrogens is 180 g/mol. The van der Waals surface area contributed by atoms with Crippen LogP contribution in [-0.2, 0) is 0 Å². The molecule has 1 aromatic rings. The second-order valence-corrected chi connectivity index (χ2v) is 1.80. The highest BCUT2D eigenvalue weighted by Crippen LogP contribution is 2.10. The maximum atomic E-state index is 10.7. The van der Waals surface area contributed by atoms with Gasteiger partial charge in [0, 0.05) is 0 Å². The molecule has 82 valence electrons. The average Bonchev–Trinajstić information content (AvgIpc) is 2.08. The summed E-state index contributed by atoms with van der Waals surface area (Å²) in [5.74, 6) is -1.62. The normalized spacial score (nSPS) is 7.00. The molecular formula is C11H19O3-. The van der Waals surface area contributed by atoms with Gasteiger partial charge in [0.15, 0.2) is 0 Å². The fourth-order valence-electron chi connectivity index (χ4n) is 0.643. The molecule has 0 radical (unpaired) electrons. The van der Waals surface area contributed by atoms with Crippen LogP contribution in [0.3, 0.4) is 0 Å². The van der Waals surface area contributed by atoms with Gasteiger partial charge < -0.3 is 10.2 Å². The van der Waals surface area contributed by atoms with Crippen molar-refractivity contribution < 1.29 is 15.0 Å². The van der Waals surface area contributed by atoms with Crippen LogP contribution in [0, 0.1) is 0 Å². The van der Waals surface area contributed by atoms with Crippen LogP contribution in [-0.4, -0.2) is 11.1 Å². The molecule has 3 heteroatoms. The predicted molar refractivity (Wildman–Crippen MR) is 57.7 cm³/mol. The minimum atomic E-state index is -1.18. The first-order valence-corrected chi connectivity index (χ1v) is 3.71. The molecule has 14 heavy (non-hydrogen) atoms. The zero-order valence-electron chi connectivity index (χ0n) is 7.07. The molecule has 1 N–H and O–H groups in total. The molecule has 0 aliphatic carbocycles. The van der Waals surface area contributed by atoms with E-state index in [0.29, 0.717) is 0 Å². The predicted octanol–water partition coefficient (Wildman–Crippen LogP) is 2.76. The molecule has 0 fully saturated rings. The van der Waals surface area contributed by atoms with Gasteiger partial charge in [0.1, 0.15) is 0 Å². The van der Waals surface area contributed by atoms with E-state index in [9.17, 15) is 9.90 Å². The molecule has 0 saturated heterocycles. The van der Waals surface area contributed by atoms with E-state index in [1.165, 1.54) is 24.3 Å². The van der Waals surface area contributed by atoms with E-state index in [1.807, 2.05) is 13.8 Å². The smallest absolute Gasteiger partial charge is 0.335 e. The molecule has 0 aliphatic rings. The number of para-hydroxylation sites is 1. The summed E-state index contributed by atoms with van der Waals surface area (Å²) in [4.78, 5) is 10.2. The molecule has 0 spiro atoms. The van der Waals surface area contributed by atoms with Gasteiger partial charge in [0.25, 0.3) is 0 Å². The SMILES string of the molecule is C.C.CC.O=C(O)c1ccccc1[O-]. The van der Waals surface area contributed by atoms with Gasteiger partial charge in [-0.3, -0.25) is 0 Å². The van der Waals surface area contributed by atoms with Crippen molar-refractivity contribution in [2.75, 3.05) is 0 Å². The lowest BCUT2D eigenvalue weighted by atomic mass is 10.2. The van der Waals surface area contributed by atoms with Crippen LogP contribution in [0.1, 0.15) is 39.1 Å². The molecule has 0 saturated carbocycles. The number of carbonyl (C=O) groups is 1. The Labute approximate surface area is 86.0 Å². The van der Waals surface area contributed by atoms with E-state index in [1.54, 1.807) is 0 Å². The largest absolute Gasteiger partial charge is 0.872 e. The lowest BCUT2D eigenvalue weighted by Gasteiger charge is -2.07.